The molecule has 2 atom stereocenters. The zero-order chi connectivity index (χ0) is 11.9. The third kappa shape index (κ3) is 1.60. The average molecular weight is 222 g/mol. The van der Waals surface area contributed by atoms with Gasteiger partial charge in [0.15, 0.2) is 5.78 Å². The van der Waals surface area contributed by atoms with Gasteiger partial charge in [-0.1, -0.05) is 6.92 Å². The number of Topliss-reactive ketones (excluding diaryl/α,β-unsaturated/α-hetero) is 1. The number of carboxylic acids is 1. The number of aliphatic carboxylic acids is 1. The molecule has 0 heterocycles. The molecule has 84 valence electrons. The van der Waals surface area contributed by atoms with Gasteiger partial charge in [-0.2, -0.15) is 0 Å². The van der Waals surface area contributed by atoms with E-state index in [1.54, 1.807) is 6.92 Å². The normalized spacial score (nSPS) is 23.2. The second-order valence-corrected chi connectivity index (χ2v) is 4.09. The Bertz CT molecular complexity index is 467. The highest BCUT2D eigenvalue weighted by molar-refractivity contribution is 6.03. The first kappa shape index (κ1) is 10.8. The fourth-order valence-electron chi connectivity index (χ4n) is 2.24. The molecule has 0 aliphatic heterocycles. The summed E-state index contributed by atoms with van der Waals surface area (Å²) in [6, 6.07) is 3.93. The summed E-state index contributed by atoms with van der Waals surface area (Å²) in [6.07, 6.45) is -0.136. The number of carbonyl (C=O) groups is 2. The molecule has 1 aliphatic rings. The Hall–Kier alpha value is -1.71. The van der Waals surface area contributed by atoms with Crippen molar-refractivity contribution in [1.29, 1.82) is 0 Å². The molecule has 0 radical (unpaired) electrons. The summed E-state index contributed by atoms with van der Waals surface area (Å²) in [4.78, 5) is 22.5. The first-order valence-corrected chi connectivity index (χ1v) is 5.06. The SMILES string of the molecule is C[C@@H]1C(=O)c2ccc(F)cc2[C@@H]1CC(=O)O. The van der Waals surface area contributed by atoms with Gasteiger partial charge in [0.2, 0.25) is 0 Å². The van der Waals surface area contributed by atoms with Crippen molar-refractivity contribution in [3.63, 3.8) is 0 Å². The molecule has 3 nitrogen and oxygen atoms in total. The standard InChI is InChI=1S/C12H11FO3/c1-6-9(5-11(14)15)10-4-7(13)2-3-8(10)12(6)16/h2-4,6,9H,5H2,1H3,(H,14,15)/t6-,9+/m0/s1. The minimum atomic E-state index is -0.971. The maximum atomic E-state index is 13.1. The molecule has 1 aromatic carbocycles. The van der Waals surface area contributed by atoms with Crippen LogP contribution in [0, 0.1) is 11.7 Å². The second kappa shape index (κ2) is 3.70. The molecular formula is C12H11FO3. The quantitative estimate of drug-likeness (QED) is 0.834. The van der Waals surface area contributed by atoms with E-state index in [4.69, 9.17) is 5.11 Å². The van der Waals surface area contributed by atoms with Crippen LogP contribution in [0.15, 0.2) is 18.2 Å². The maximum absolute atomic E-state index is 13.1. The summed E-state index contributed by atoms with van der Waals surface area (Å²) in [6.45, 7) is 1.69. The highest BCUT2D eigenvalue weighted by atomic mass is 19.1. The average Bonchev–Trinajstić information content (AvgIpc) is 2.43. The van der Waals surface area contributed by atoms with E-state index in [0.29, 0.717) is 11.1 Å². The number of rotatable bonds is 2. The van der Waals surface area contributed by atoms with Crippen molar-refractivity contribution in [3.8, 4) is 0 Å². The molecule has 4 heteroatoms. The molecule has 1 aromatic rings. The molecule has 0 fully saturated rings. The molecule has 0 aromatic heterocycles. The number of halogens is 1. The minimum Gasteiger partial charge on any atom is -0.481 e. The molecule has 0 bridgehead atoms. The van der Waals surface area contributed by atoms with Crippen LogP contribution in [0.1, 0.15) is 35.2 Å². The van der Waals surface area contributed by atoms with Crippen molar-refractivity contribution in [2.24, 2.45) is 5.92 Å². The molecule has 1 aliphatic carbocycles. The van der Waals surface area contributed by atoms with Gasteiger partial charge in [-0.15, -0.1) is 0 Å². The van der Waals surface area contributed by atoms with Gasteiger partial charge >= 0.3 is 5.97 Å². The number of ketones is 1. The lowest BCUT2D eigenvalue weighted by Gasteiger charge is -2.12. The fraction of sp³-hybridized carbons (Fsp3) is 0.333. The first-order valence-electron chi connectivity index (χ1n) is 5.06. The molecule has 0 amide bonds. The van der Waals surface area contributed by atoms with Crippen molar-refractivity contribution < 1.29 is 19.1 Å². The number of carboxylic acid groups (broad SMARTS) is 1. The van der Waals surface area contributed by atoms with E-state index in [1.807, 2.05) is 0 Å². The Morgan fingerprint density at radius 2 is 2.19 bits per heavy atom. The zero-order valence-electron chi connectivity index (χ0n) is 8.74. The predicted octanol–water partition coefficient (Wildman–Crippen LogP) is 2.22. The third-order valence-corrected chi connectivity index (χ3v) is 3.09. The van der Waals surface area contributed by atoms with Crippen molar-refractivity contribution in [3.05, 3.63) is 35.1 Å². The van der Waals surface area contributed by atoms with Crippen molar-refractivity contribution in [2.45, 2.75) is 19.3 Å². The van der Waals surface area contributed by atoms with E-state index in [9.17, 15) is 14.0 Å². The lowest BCUT2D eigenvalue weighted by molar-refractivity contribution is -0.137. The molecule has 2 rings (SSSR count). The lowest BCUT2D eigenvalue weighted by Crippen LogP contribution is -2.13. The summed E-state index contributed by atoms with van der Waals surface area (Å²) < 4.78 is 13.1. The van der Waals surface area contributed by atoms with Gasteiger partial charge in [0.05, 0.1) is 6.42 Å². The van der Waals surface area contributed by atoms with Crippen molar-refractivity contribution in [1.82, 2.24) is 0 Å². The second-order valence-electron chi connectivity index (χ2n) is 4.09. The highest BCUT2D eigenvalue weighted by Gasteiger charge is 2.37. The zero-order valence-corrected chi connectivity index (χ0v) is 8.74. The Morgan fingerprint density at radius 1 is 1.50 bits per heavy atom. The van der Waals surface area contributed by atoms with E-state index in [2.05, 4.69) is 0 Å². The molecule has 0 saturated carbocycles. The summed E-state index contributed by atoms with van der Waals surface area (Å²) in [7, 11) is 0. The number of fused-ring (bicyclic) bond motifs is 1. The topological polar surface area (TPSA) is 54.4 Å². The summed E-state index contributed by atoms with van der Waals surface area (Å²) in [5, 5.41) is 8.77. The first-order chi connectivity index (χ1) is 7.50. The molecule has 16 heavy (non-hydrogen) atoms. The molecule has 1 N–H and O–H groups in total. The van der Waals surface area contributed by atoms with Gasteiger partial charge in [0, 0.05) is 17.4 Å². The monoisotopic (exact) mass is 222 g/mol. The Balaban J connectivity index is 2.46. The van der Waals surface area contributed by atoms with Crippen LogP contribution in [0.2, 0.25) is 0 Å². The third-order valence-electron chi connectivity index (χ3n) is 3.09. The molecule has 0 saturated heterocycles. The summed E-state index contributed by atoms with van der Waals surface area (Å²) >= 11 is 0. The van der Waals surface area contributed by atoms with Crippen LogP contribution in [0.25, 0.3) is 0 Å². The van der Waals surface area contributed by atoms with Crippen LogP contribution in [0.3, 0.4) is 0 Å². The highest BCUT2D eigenvalue weighted by Crippen LogP contribution is 2.40. The largest absolute Gasteiger partial charge is 0.481 e. The molecular weight excluding hydrogens is 211 g/mol. The Morgan fingerprint density at radius 3 is 2.81 bits per heavy atom. The van der Waals surface area contributed by atoms with Crippen LogP contribution >= 0.6 is 0 Å². The Kier molecular flexibility index (Phi) is 2.50. The molecule has 0 spiro atoms. The summed E-state index contributed by atoms with van der Waals surface area (Å²) in [5.74, 6) is -2.29. The van der Waals surface area contributed by atoms with Crippen molar-refractivity contribution in [2.75, 3.05) is 0 Å². The van der Waals surface area contributed by atoms with Gasteiger partial charge in [-0.25, -0.2) is 4.39 Å². The van der Waals surface area contributed by atoms with Crippen molar-refractivity contribution >= 4 is 11.8 Å². The van der Waals surface area contributed by atoms with Gasteiger partial charge in [0.25, 0.3) is 0 Å². The number of carbonyl (C=O) groups excluding carboxylic acids is 1. The minimum absolute atomic E-state index is 0.0961. The number of hydrogen-bond donors (Lipinski definition) is 1. The molecule has 0 unspecified atom stereocenters. The summed E-state index contributed by atoms with van der Waals surface area (Å²) in [5.41, 5.74) is 0.986. The predicted molar refractivity (Wildman–Crippen MR) is 54.9 cm³/mol. The van der Waals surface area contributed by atoms with Crippen LogP contribution in [-0.2, 0) is 4.79 Å². The number of hydrogen-bond acceptors (Lipinski definition) is 2. The van der Waals surface area contributed by atoms with Gasteiger partial charge in [0.1, 0.15) is 5.82 Å². The lowest BCUT2D eigenvalue weighted by atomic mass is 9.91. The van der Waals surface area contributed by atoms with E-state index in [1.165, 1.54) is 18.2 Å². The van der Waals surface area contributed by atoms with Crippen LogP contribution in [0.5, 0.6) is 0 Å². The van der Waals surface area contributed by atoms with Gasteiger partial charge < -0.3 is 5.11 Å². The van der Waals surface area contributed by atoms with E-state index < -0.39 is 17.7 Å². The van der Waals surface area contributed by atoms with E-state index >= 15 is 0 Å². The number of benzene rings is 1. The van der Waals surface area contributed by atoms with E-state index in [-0.39, 0.29) is 18.1 Å². The van der Waals surface area contributed by atoms with Crippen LogP contribution in [0.4, 0.5) is 4.39 Å². The smallest absolute Gasteiger partial charge is 0.303 e. The Labute approximate surface area is 91.9 Å². The fourth-order valence-corrected chi connectivity index (χ4v) is 2.24. The van der Waals surface area contributed by atoms with Gasteiger partial charge in [-0.3, -0.25) is 9.59 Å². The maximum Gasteiger partial charge on any atom is 0.303 e. The van der Waals surface area contributed by atoms with E-state index in [0.717, 1.165) is 0 Å². The van der Waals surface area contributed by atoms with Gasteiger partial charge in [-0.05, 0) is 23.8 Å². The van der Waals surface area contributed by atoms with Crippen LogP contribution in [-0.4, -0.2) is 16.9 Å². The van der Waals surface area contributed by atoms with Crippen LogP contribution < -0.4 is 0 Å².